The highest BCUT2D eigenvalue weighted by molar-refractivity contribution is 6.08. The van der Waals surface area contributed by atoms with Crippen molar-refractivity contribution in [3.05, 3.63) is 108 Å². The number of rotatable bonds is 2. The van der Waals surface area contributed by atoms with Crippen LogP contribution in [0.25, 0.3) is 0 Å². The van der Waals surface area contributed by atoms with E-state index in [9.17, 15) is 13.6 Å². The Balaban J connectivity index is 0.000000268. The van der Waals surface area contributed by atoms with Crippen LogP contribution >= 0.6 is 0 Å². The van der Waals surface area contributed by atoms with Gasteiger partial charge >= 0.3 is 0 Å². The van der Waals surface area contributed by atoms with Gasteiger partial charge in [0.15, 0.2) is 5.78 Å². The standard InChI is InChI=1S/C13H9FO.C6H5F.CH2O/c14-12-8-6-11(7-9-12)13(15)10-4-2-1-3-5-10;7-6-4-2-1-3-5-6;1-2/h1-9H;1-5H;1H2. The highest BCUT2D eigenvalue weighted by Gasteiger charge is 2.07. The predicted molar refractivity (Wildman–Crippen MR) is 89.8 cm³/mol. The Hall–Kier alpha value is -3.14. The minimum absolute atomic E-state index is 0.0874. The van der Waals surface area contributed by atoms with Crippen molar-refractivity contribution >= 4 is 12.6 Å². The lowest BCUT2D eigenvalue weighted by atomic mass is 10.0. The number of carbonyl (C=O) groups excluding carboxylic acids is 2. The number of hydrogen-bond donors (Lipinski definition) is 0. The number of halogens is 2. The summed E-state index contributed by atoms with van der Waals surface area (Å²) in [5.74, 6) is -0.599. The fraction of sp³-hybridized carbons (Fsp3) is 0. The zero-order chi connectivity index (χ0) is 17.8. The van der Waals surface area contributed by atoms with Gasteiger partial charge in [0, 0.05) is 11.1 Å². The molecule has 0 saturated carbocycles. The molecule has 0 aliphatic rings. The van der Waals surface area contributed by atoms with E-state index >= 15 is 0 Å². The molecule has 0 aromatic heterocycles. The third-order valence-electron chi connectivity index (χ3n) is 2.88. The topological polar surface area (TPSA) is 34.1 Å². The molecule has 0 unspecified atom stereocenters. The van der Waals surface area contributed by atoms with Crippen LogP contribution in [-0.2, 0) is 4.79 Å². The molecule has 0 amide bonds. The largest absolute Gasteiger partial charge is 0.307 e. The molecule has 122 valence electrons. The van der Waals surface area contributed by atoms with Gasteiger partial charge in [0.25, 0.3) is 0 Å². The molecule has 2 nitrogen and oxygen atoms in total. The molecule has 0 heterocycles. The molecule has 0 saturated heterocycles. The number of ketones is 1. The predicted octanol–water partition coefficient (Wildman–Crippen LogP) is 4.70. The summed E-state index contributed by atoms with van der Waals surface area (Å²) in [5.41, 5.74) is 1.12. The highest BCUT2D eigenvalue weighted by Crippen LogP contribution is 2.10. The van der Waals surface area contributed by atoms with E-state index in [4.69, 9.17) is 4.79 Å². The Morgan fingerprint density at radius 1 is 0.583 bits per heavy atom. The van der Waals surface area contributed by atoms with Crippen LogP contribution in [0.4, 0.5) is 8.78 Å². The molecular formula is C20H16F2O2. The first kappa shape index (κ1) is 18.9. The van der Waals surface area contributed by atoms with Gasteiger partial charge in [0.05, 0.1) is 0 Å². The van der Waals surface area contributed by atoms with Crippen LogP contribution < -0.4 is 0 Å². The van der Waals surface area contributed by atoms with Crippen LogP contribution in [-0.4, -0.2) is 12.6 Å². The lowest BCUT2D eigenvalue weighted by molar-refractivity contribution is -0.0980. The Kier molecular flexibility index (Phi) is 8.32. The van der Waals surface area contributed by atoms with Crippen LogP contribution in [0, 0.1) is 11.6 Å². The smallest absolute Gasteiger partial charge is 0.193 e. The summed E-state index contributed by atoms with van der Waals surface area (Å²) in [6, 6.07) is 22.4. The maximum absolute atomic E-state index is 12.6. The average molecular weight is 326 g/mol. The maximum atomic E-state index is 12.6. The second-order valence-electron chi connectivity index (χ2n) is 4.50. The van der Waals surface area contributed by atoms with Gasteiger partial charge in [0.2, 0.25) is 0 Å². The van der Waals surface area contributed by atoms with E-state index in [0.29, 0.717) is 11.1 Å². The lowest BCUT2D eigenvalue weighted by Crippen LogP contribution is -2.00. The van der Waals surface area contributed by atoms with Crippen molar-refractivity contribution in [2.75, 3.05) is 0 Å². The van der Waals surface area contributed by atoms with Crippen LogP contribution in [0.2, 0.25) is 0 Å². The molecule has 0 N–H and O–H groups in total. The average Bonchev–Trinajstić information content (AvgIpc) is 2.65. The van der Waals surface area contributed by atoms with Gasteiger partial charge in [-0.15, -0.1) is 0 Å². The molecule has 0 bridgehead atoms. The van der Waals surface area contributed by atoms with E-state index in [-0.39, 0.29) is 17.4 Å². The number of hydrogen-bond acceptors (Lipinski definition) is 2. The Labute approximate surface area is 139 Å². The summed E-state index contributed by atoms with van der Waals surface area (Å²) in [6.45, 7) is 2.00. The van der Waals surface area contributed by atoms with Crippen molar-refractivity contribution in [3.63, 3.8) is 0 Å². The molecule has 3 rings (SSSR count). The summed E-state index contributed by atoms with van der Waals surface area (Å²) in [5, 5.41) is 0. The van der Waals surface area contributed by atoms with Crippen molar-refractivity contribution in [2.45, 2.75) is 0 Å². The van der Waals surface area contributed by atoms with Crippen molar-refractivity contribution in [3.8, 4) is 0 Å². The van der Waals surface area contributed by atoms with Gasteiger partial charge in [-0.25, -0.2) is 8.78 Å². The SMILES string of the molecule is C=O.Fc1ccccc1.O=C(c1ccccc1)c1ccc(F)cc1. The first-order valence-corrected chi connectivity index (χ1v) is 7.01. The van der Waals surface area contributed by atoms with Gasteiger partial charge in [-0.1, -0.05) is 48.5 Å². The van der Waals surface area contributed by atoms with E-state index in [2.05, 4.69) is 0 Å². The van der Waals surface area contributed by atoms with Crippen molar-refractivity contribution in [1.82, 2.24) is 0 Å². The molecule has 0 aliphatic carbocycles. The van der Waals surface area contributed by atoms with Gasteiger partial charge < -0.3 is 4.79 Å². The van der Waals surface area contributed by atoms with E-state index in [1.165, 1.54) is 36.4 Å². The van der Waals surface area contributed by atoms with Crippen molar-refractivity contribution in [1.29, 1.82) is 0 Å². The number of carbonyl (C=O) groups is 2. The van der Waals surface area contributed by atoms with E-state index < -0.39 is 0 Å². The molecule has 0 radical (unpaired) electrons. The fourth-order valence-electron chi connectivity index (χ4n) is 1.77. The Morgan fingerprint density at radius 3 is 1.38 bits per heavy atom. The van der Waals surface area contributed by atoms with Crippen LogP contribution in [0.3, 0.4) is 0 Å². The van der Waals surface area contributed by atoms with Gasteiger partial charge in [-0.05, 0) is 36.4 Å². The molecule has 24 heavy (non-hydrogen) atoms. The molecule has 0 atom stereocenters. The first-order valence-electron chi connectivity index (χ1n) is 7.01. The van der Waals surface area contributed by atoms with Crippen LogP contribution in [0.1, 0.15) is 15.9 Å². The molecule has 3 aromatic rings. The van der Waals surface area contributed by atoms with E-state index in [0.717, 1.165) is 0 Å². The fourth-order valence-corrected chi connectivity index (χ4v) is 1.77. The second kappa shape index (κ2) is 10.6. The highest BCUT2D eigenvalue weighted by atomic mass is 19.1. The normalized spacial score (nSPS) is 8.92. The maximum Gasteiger partial charge on any atom is 0.193 e. The van der Waals surface area contributed by atoms with Crippen molar-refractivity contribution < 1.29 is 18.4 Å². The van der Waals surface area contributed by atoms with E-state index in [1.54, 1.807) is 42.5 Å². The number of benzene rings is 3. The van der Waals surface area contributed by atoms with Crippen LogP contribution in [0.15, 0.2) is 84.9 Å². The quantitative estimate of drug-likeness (QED) is 0.640. The van der Waals surface area contributed by atoms with Gasteiger partial charge in [0.1, 0.15) is 18.4 Å². The third kappa shape index (κ3) is 6.32. The molecule has 0 spiro atoms. The summed E-state index contributed by atoms with van der Waals surface area (Å²) in [7, 11) is 0. The first-order chi connectivity index (χ1) is 11.7. The Bertz CT molecular complexity index is 727. The minimum Gasteiger partial charge on any atom is -0.307 e. The molecule has 4 heteroatoms. The summed E-state index contributed by atoms with van der Waals surface area (Å²) >= 11 is 0. The van der Waals surface area contributed by atoms with Gasteiger partial charge in [-0.3, -0.25) is 4.79 Å². The summed E-state index contributed by atoms with van der Waals surface area (Å²) in [6.07, 6.45) is 0. The van der Waals surface area contributed by atoms with Crippen LogP contribution in [0.5, 0.6) is 0 Å². The van der Waals surface area contributed by atoms with E-state index in [1.807, 2.05) is 12.9 Å². The zero-order valence-electron chi connectivity index (χ0n) is 12.9. The zero-order valence-corrected chi connectivity index (χ0v) is 12.9. The lowest BCUT2D eigenvalue weighted by Gasteiger charge is -2.00. The molecule has 0 fully saturated rings. The Morgan fingerprint density at radius 2 is 0.958 bits per heavy atom. The molecule has 0 aliphatic heterocycles. The minimum atomic E-state index is -0.334. The molecule has 3 aromatic carbocycles. The summed E-state index contributed by atoms with van der Waals surface area (Å²) < 4.78 is 24.5. The van der Waals surface area contributed by atoms with Gasteiger partial charge in [-0.2, -0.15) is 0 Å². The third-order valence-corrected chi connectivity index (χ3v) is 2.88. The summed E-state index contributed by atoms with van der Waals surface area (Å²) in [4.78, 5) is 19.8. The molecular weight excluding hydrogens is 310 g/mol. The monoisotopic (exact) mass is 326 g/mol. The second-order valence-corrected chi connectivity index (χ2v) is 4.50. The van der Waals surface area contributed by atoms with Crippen molar-refractivity contribution in [2.24, 2.45) is 0 Å².